The van der Waals surface area contributed by atoms with Crippen LogP contribution in [0, 0.1) is 11.2 Å². The molecular formula is C22H21FN2O. The van der Waals surface area contributed by atoms with Crippen LogP contribution in [-0.4, -0.2) is 9.55 Å². The summed E-state index contributed by atoms with van der Waals surface area (Å²) in [6.45, 7) is 5.07. The molecule has 3 nitrogen and oxygen atoms in total. The Morgan fingerprint density at radius 1 is 1.15 bits per heavy atom. The predicted octanol–water partition coefficient (Wildman–Crippen LogP) is 4.68. The van der Waals surface area contributed by atoms with E-state index in [4.69, 9.17) is 4.98 Å². The lowest BCUT2D eigenvalue weighted by Gasteiger charge is -2.31. The summed E-state index contributed by atoms with van der Waals surface area (Å²) in [6.07, 6.45) is 5.43. The Hall–Kier alpha value is -2.75. The Morgan fingerprint density at radius 2 is 1.96 bits per heavy atom. The van der Waals surface area contributed by atoms with Crippen molar-refractivity contribution in [3.63, 3.8) is 0 Å². The lowest BCUT2D eigenvalue weighted by atomic mass is 9.85. The smallest absolute Gasteiger partial charge is 0.261 e. The Bertz CT molecular complexity index is 1080. The molecule has 0 spiro atoms. The summed E-state index contributed by atoms with van der Waals surface area (Å²) in [4.78, 5) is 17.6. The van der Waals surface area contributed by atoms with Crippen molar-refractivity contribution < 1.29 is 4.39 Å². The lowest BCUT2D eigenvalue weighted by molar-refractivity contribution is 0.240. The molecule has 0 amide bonds. The van der Waals surface area contributed by atoms with E-state index in [1.807, 2.05) is 28.8 Å². The Morgan fingerprint density at radius 3 is 2.77 bits per heavy atom. The molecule has 132 valence electrons. The Balaban J connectivity index is 1.75. The molecule has 0 radical (unpaired) electrons. The van der Waals surface area contributed by atoms with Crippen LogP contribution >= 0.6 is 0 Å². The second kappa shape index (κ2) is 6.20. The maximum atomic E-state index is 13.7. The van der Waals surface area contributed by atoms with Crippen molar-refractivity contribution in [2.45, 2.75) is 33.2 Å². The molecule has 0 bridgehead atoms. The van der Waals surface area contributed by atoms with E-state index in [1.165, 1.54) is 6.07 Å². The van der Waals surface area contributed by atoms with Gasteiger partial charge >= 0.3 is 0 Å². The topological polar surface area (TPSA) is 34.9 Å². The fourth-order valence-electron chi connectivity index (χ4n) is 3.50. The van der Waals surface area contributed by atoms with E-state index in [0.717, 1.165) is 24.2 Å². The van der Waals surface area contributed by atoms with Gasteiger partial charge in [-0.25, -0.2) is 9.37 Å². The molecule has 2 heterocycles. The first-order chi connectivity index (χ1) is 12.4. The summed E-state index contributed by atoms with van der Waals surface area (Å²) in [5.74, 6) is 0.606. The van der Waals surface area contributed by atoms with E-state index in [1.54, 1.807) is 24.3 Å². The first-order valence-corrected chi connectivity index (χ1v) is 8.89. The zero-order chi connectivity index (χ0) is 18.3. The minimum atomic E-state index is -0.252. The summed E-state index contributed by atoms with van der Waals surface area (Å²) >= 11 is 0. The number of hydrogen-bond acceptors (Lipinski definition) is 2. The van der Waals surface area contributed by atoms with E-state index in [-0.39, 0.29) is 16.8 Å². The molecule has 1 aliphatic rings. The van der Waals surface area contributed by atoms with Gasteiger partial charge in [-0.3, -0.25) is 9.36 Å². The molecule has 0 saturated carbocycles. The van der Waals surface area contributed by atoms with E-state index < -0.39 is 0 Å². The summed E-state index contributed by atoms with van der Waals surface area (Å²) in [5, 5.41) is 0.634. The largest absolute Gasteiger partial charge is 0.296 e. The van der Waals surface area contributed by atoms with Gasteiger partial charge in [0.05, 0.1) is 10.9 Å². The molecule has 0 N–H and O–H groups in total. The number of halogens is 1. The monoisotopic (exact) mass is 348 g/mol. The highest BCUT2D eigenvalue weighted by Gasteiger charge is 2.27. The summed E-state index contributed by atoms with van der Waals surface area (Å²) in [7, 11) is 0. The molecule has 0 saturated heterocycles. The van der Waals surface area contributed by atoms with Crippen molar-refractivity contribution in [2.24, 2.45) is 5.41 Å². The van der Waals surface area contributed by atoms with Gasteiger partial charge in [-0.2, -0.15) is 0 Å². The second-order valence-corrected chi connectivity index (χ2v) is 7.71. The van der Waals surface area contributed by atoms with Crippen molar-refractivity contribution in [3.8, 4) is 0 Å². The summed E-state index contributed by atoms with van der Waals surface area (Å²) in [6, 6.07) is 12.2. The zero-order valence-electron chi connectivity index (χ0n) is 15.0. The van der Waals surface area contributed by atoms with Crippen LogP contribution in [0.1, 0.15) is 37.2 Å². The number of nitrogens with zero attached hydrogens (tertiary/aromatic N) is 2. The molecule has 26 heavy (non-hydrogen) atoms. The molecular weight excluding hydrogens is 327 g/mol. The molecule has 1 aliphatic heterocycles. The quantitative estimate of drug-likeness (QED) is 0.630. The molecule has 0 aliphatic carbocycles. The standard InChI is InChI=1S/C22H21FN2O/c1-22(2)12-11-20-24-19-13-15(7-9-16-5-3-4-6-18(16)23)8-10-17(19)21(26)25(20)14-22/h3-10,13H,11-12,14H2,1-2H3. The highest BCUT2D eigenvalue weighted by Crippen LogP contribution is 2.29. The number of hydrogen-bond donors (Lipinski definition) is 0. The molecule has 0 atom stereocenters. The molecule has 1 aromatic heterocycles. The molecule has 3 aromatic rings. The van der Waals surface area contributed by atoms with Gasteiger partial charge in [-0.05, 0) is 35.6 Å². The zero-order valence-corrected chi connectivity index (χ0v) is 15.0. The third-order valence-electron chi connectivity index (χ3n) is 5.03. The van der Waals surface area contributed by atoms with Crippen molar-refractivity contribution in [3.05, 3.63) is 75.6 Å². The summed E-state index contributed by atoms with van der Waals surface area (Å²) in [5.41, 5.74) is 2.29. The van der Waals surface area contributed by atoms with Crippen LogP contribution in [0.3, 0.4) is 0 Å². The van der Waals surface area contributed by atoms with Gasteiger partial charge in [-0.15, -0.1) is 0 Å². The second-order valence-electron chi connectivity index (χ2n) is 7.71. The highest BCUT2D eigenvalue weighted by atomic mass is 19.1. The first-order valence-electron chi connectivity index (χ1n) is 8.89. The van der Waals surface area contributed by atoms with Crippen molar-refractivity contribution >= 4 is 23.1 Å². The summed E-state index contributed by atoms with van der Waals surface area (Å²) < 4.78 is 15.6. The minimum Gasteiger partial charge on any atom is -0.296 e. The van der Waals surface area contributed by atoms with Crippen LogP contribution in [-0.2, 0) is 13.0 Å². The molecule has 0 unspecified atom stereocenters. The van der Waals surface area contributed by atoms with Crippen molar-refractivity contribution in [1.29, 1.82) is 0 Å². The van der Waals surface area contributed by atoms with Gasteiger partial charge < -0.3 is 0 Å². The highest BCUT2D eigenvalue weighted by molar-refractivity contribution is 5.82. The van der Waals surface area contributed by atoms with Gasteiger partial charge in [0.2, 0.25) is 0 Å². The average molecular weight is 348 g/mol. The molecule has 2 aromatic carbocycles. The van der Waals surface area contributed by atoms with Gasteiger partial charge in [0.25, 0.3) is 5.56 Å². The number of rotatable bonds is 2. The molecule has 0 fully saturated rings. The van der Waals surface area contributed by atoms with E-state index in [9.17, 15) is 9.18 Å². The van der Waals surface area contributed by atoms with Crippen molar-refractivity contribution in [2.75, 3.05) is 0 Å². The van der Waals surface area contributed by atoms with Gasteiger partial charge in [0, 0.05) is 18.5 Å². The van der Waals surface area contributed by atoms with E-state index in [0.29, 0.717) is 23.0 Å². The van der Waals surface area contributed by atoms with Gasteiger partial charge in [0.1, 0.15) is 11.6 Å². The van der Waals surface area contributed by atoms with E-state index in [2.05, 4.69) is 13.8 Å². The van der Waals surface area contributed by atoms with Crippen LogP contribution in [0.5, 0.6) is 0 Å². The minimum absolute atomic E-state index is 0.0300. The van der Waals surface area contributed by atoms with Gasteiger partial charge in [-0.1, -0.05) is 50.3 Å². The third-order valence-corrected chi connectivity index (χ3v) is 5.03. The number of aryl methyl sites for hydroxylation is 1. The van der Waals surface area contributed by atoms with Gasteiger partial charge in [0.15, 0.2) is 0 Å². The number of benzene rings is 2. The van der Waals surface area contributed by atoms with Crippen LogP contribution < -0.4 is 5.56 Å². The number of aromatic nitrogens is 2. The predicted molar refractivity (Wildman–Crippen MR) is 103 cm³/mol. The normalized spacial score (nSPS) is 16.1. The van der Waals surface area contributed by atoms with Crippen LogP contribution in [0.15, 0.2) is 47.3 Å². The van der Waals surface area contributed by atoms with Crippen molar-refractivity contribution in [1.82, 2.24) is 9.55 Å². The van der Waals surface area contributed by atoms with E-state index >= 15 is 0 Å². The third kappa shape index (κ3) is 3.07. The van der Waals surface area contributed by atoms with Crippen LogP contribution in [0.25, 0.3) is 23.1 Å². The lowest BCUT2D eigenvalue weighted by Crippen LogP contribution is -2.36. The maximum Gasteiger partial charge on any atom is 0.261 e. The fraction of sp³-hybridized carbons (Fsp3) is 0.273. The first kappa shape index (κ1) is 16.7. The Labute approximate surface area is 151 Å². The SMILES string of the molecule is CC1(C)CCc2nc3cc(C=Cc4ccccc4F)ccc3c(=O)n2C1. The fourth-order valence-corrected chi connectivity index (χ4v) is 3.50. The van der Waals surface area contributed by atoms with Crippen LogP contribution in [0.4, 0.5) is 4.39 Å². The Kier molecular flexibility index (Phi) is 3.98. The molecule has 4 rings (SSSR count). The average Bonchev–Trinajstić information content (AvgIpc) is 2.61. The van der Waals surface area contributed by atoms with Crippen LogP contribution in [0.2, 0.25) is 0 Å². The number of fused-ring (bicyclic) bond motifs is 2. The maximum absolute atomic E-state index is 13.7. The molecule has 4 heteroatoms.